The second-order valence-electron chi connectivity index (χ2n) is 9.75. The maximum atomic E-state index is 12.9. The molecule has 1 amide bonds. The highest BCUT2D eigenvalue weighted by Gasteiger charge is 2.22. The van der Waals surface area contributed by atoms with Crippen LogP contribution in [0.2, 0.25) is 0 Å². The first kappa shape index (κ1) is 25.4. The molecule has 1 aliphatic heterocycles. The molecule has 188 valence electrons. The molecule has 0 atom stereocenters. The number of methoxy groups -OCH3 is 1. The average molecular weight is 496 g/mol. The third-order valence-electron chi connectivity index (χ3n) is 6.66. The zero-order valence-corrected chi connectivity index (χ0v) is 22.4. The van der Waals surface area contributed by atoms with E-state index >= 15 is 0 Å². The van der Waals surface area contributed by atoms with Crippen LogP contribution in [0, 0.1) is 19.8 Å². The van der Waals surface area contributed by atoms with Crippen LogP contribution < -0.4 is 4.74 Å². The van der Waals surface area contributed by atoms with Crippen LogP contribution in [0.1, 0.15) is 42.9 Å². The minimum Gasteiger partial charge on any atom is -0.497 e. The van der Waals surface area contributed by atoms with Gasteiger partial charge in [-0.3, -0.25) is 14.4 Å². The number of aryl methyl sites for hydroxylation is 1. The van der Waals surface area contributed by atoms with Gasteiger partial charge in [0.1, 0.15) is 10.8 Å². The van der Waals surface area contributed by atoms with E-state index in [2.05, 4.69) is 42.7 Å². The van der Waals surface area contributed by atoms with Gasteiger partial charge >= 0.3 is 0 Å². The number of carbonyl (C=O) groups excluding carboxylic acids is 1. The molecule has 4 rings (SSSR count). The lowest BCUT2D eigenvalue weighted by Crippen LogP contribution is -2.48. The molecule has 3 aromatic rings. The molecule has 0 unspecified atom stereocenters. The van der Waals surface area contributed by atoms with Gasteiger partial charge in [-0.1, -0.05) is 13.8 Å². The van der Waals surface area contributed by atoms with Crippen molar-refractivity contribution in [2.24, 2.45) is 5.92 Å². The van der Waals surface area contributed by atoms with Crippen LogP contribution in [0.25, 0.3) is 10.6 Å². The van der Waals surface area contributed by atoms with Gasteiger partial charge in [0.2, 0.25) is 5.91 Å². The zero-order valence-electron chi connectivity index (χ0n) is 21.6. The molecule has 1 saturated heterocycles. The summed E-state index contributed by atoms with van der Waals surface area (Å²) in [4.78, 5) is 22.1. The number of hydrogen-bond acceptors (Lipinski definition) is 6. The van der Waals surface area contributed by atoms with Crippen molar-refractivity contribution in [2.75, 3.05) is 33.3 Å². The number of ether oxygens (including phenoxy) is 1. The summed E-state index contributed by atoms with van der Waals surface area (Å²) in [6, 6.07) is 8.02. The van der Waals surface area contributed by atoms with Crippen molar-refractivity contribution in [3.05, 3.63) is 52.3 Å². The number of thiazole rings is 1. The Hall–Kier alpha value is -2.71. The van der Waals surface area contributed by atoms with E-state index in [1.807, 2.05) is 29.2 Å². The van der Waals surface area contributed by atoms with Gasteiger partial charge in [0.05, 0.1) is 18.5 Å². The molecule has 7 nitrogen and oxygen atoms in total. The molecular formula is C27H37N5O2S. The minimum absolute atomic E-state index is 0.246. The summed E-state index contributed by atoms with van der Waals surface area (Å²) in [6.45, 7) is 13.6. The van der Waals surface area contributed by atoms with E-state index in [0.717, 1.165) is 73.4 Å². The van der Waals surface area contributed by atoms with Crippen LogP contribution in [-0.2, 0) is 24.3 Å². The predicted octanol–water partition coefficient (Wildman–Crippen LogP) is 4.57. The molecular weight excluding hydrogens is 458 g/mol. The second-order valence-corrected chi connectivity index (χ2v) is 10.6. The van der Waals surface area contributed by atoms with Crippen LogP contribution in [-0.4, -0.2) is 63.8 Å². The maximum absolute atomic E-state index is 12.9. The average Bonchev–Trinajstić information content (AvgIpc) is 3.41. The van der Waals surface area contributed by atoms with E-state index in [1.165, 1.54) is 11.3 Å². The Kier molecular flexibility index (Phi) is 8.23. The van der Waals surface area contributed by atoms with Crippen LogP contribution in [0.15, 0.2) is 29.6 Å². The van der Waals surface area contributed by atoms with Crippen molar-refractivity contribution in [3.8, 4) is 16.3 Å². The van der Waals surface area contributed by atoms with E-state index < -0.39 is 0 Å². The van der Waals surface area contributed by atoms with Crippen molar-refractivity contribution in [2.45, 2.75) is 53.6 Å². The molecule has 0 N–H and O–H groups in total. The molecule has 0 saturated carbocycles. The van der Waals surface area contributed by atoms with Crippen molar-refractivity contribution in [1.82, 2.24) is 24.6 Å². The number of hydrogen-bond donors (Lipinski definition) is 0. The highest BCUT2D eigenvalue weighted by molar-refractivity contribution is 7.13. The Balaban J connectivity index is 1.25. The fourth-order valence-corrected chi connectivity index (χ4v) is 5.46. The Morgan fingerprint density at radius 3 is 2.49 bits per heavy atom. The van der Waals surface area contributed by atoms with Crippen molar-refractivity contribution < 1.29 is 9.53 Å². The number of nitrogens with zero attached hydrogens (tertiary/aromatic N) is 5. The van der Waals surface area contributed by atoms with E-state index in [-0.39, 0.29) is 5.91 Å². The molecule has 3 heterocycles. The van der Waals surface area contributed by atoms with Crippen molar-refractivity contribution >= 4 is 17.2 Å². The first-order chi connectivity index (χ1) is 16.8. The predicted molar refractivity (Wildman–Crippen MR) is 141 cm³/mol. The molecule has 1 aliphatic rings. The monoisotopic (exact) mass is 495 g/mol. The summed E-state index contributed by atoms with van der Waals surface area (Å²) in [5.41, 5.74) is 5.68. The van der Waals surface area contributed by atoms with Gasteiger partial charge in [-0.15, -0.1) is 11.3 Å². The van der Waals surface area contributed by atoms with E-state index in [4.69, 9.17) is 14.8 Å². The van der Waals surface area contributed by atoms with Crippen molar-refractivity contribution in [3.63, 3.8) is 0 Å². The molecule has 0 spiro atoms. The Morgan fingerprint density at radius 2 is 1.83 bits per heavy atom. The molecule has 0 aliphatic carbocycles. The van der Waals surface area contributed by atoms with Gasteiger partial charge in [0, 0.05) is 62.3 Å². The Bertz CT molecular complexity index is 1130. The third-order valence-corrected chi connectivity index (χ3v) is 7.60. The standard InChI is InChI=1S/C27H37N5O2S/c1-19(2)16-32-21(4)25(20(3)29-32)10-11-26(33)31-14-12-30(13-15-31)17-23-18-35-27(28-23)22-6-8-24(34-5)9-7-22/h6-9,18-19H,10-17H2,1-5H3. The Labute approximate surface area is 212 Å². The largest absolute Gasteiger partial charge is 0.497 e. The smallest absolute Gasteiger partial charge is 0.222 e. The van der Waals surface area contributed by atoms with Crippen LogP contribution in [0.3, 0.4) is 0 Å². The molecule has 0 bridgehead atoms. The first-order valence-electron chi connectivity index (χ1n) is 12.5. The Morgan fingerprint density at radius 1 is 1.11 bits per heavy atom. The number of carbonyl (C=O) groups is 1. The number of aromatic nitrogens is 3. The number of rotatable bonds is 9. The SMILES string of the molecule is COc1ccc(-c2nc(CN3CCN(C(=O)CCc4c(C)nn(CC(C)C)c4C)CC3)cs2)cc1. The highest BCUT2D eigenvalue weighted by Crippen LogP contribution is 2.26. The number of amides is 1. The fourth-order valence-electron chi connectivity index (χ4n) is 4.64. The second kappa shape index (κ2) is 11.4. The summed E-state index contributed by atoms with van der Waals surface area (Å²) in [6.07, 6.45) is 1.31. The molecule has 2 aromatic heterocycles. The van der Waals surface area contributed by atoms with Crippen LogP contribution >= 0.6 is 11.3 Å². The summed E-state index contributed by atoms with van der Waals surface area (Å²) >= 11 is 1.67. The number of piperazine rings is 1. The van der Waals surface area contributed by atoms with E-state index in [1.54, 1.807) is 18.4 Å². The van der Waals surface area contributed by atoms with E-state index in [0.29, 0.717) is 12.3 Å². The summed E-state index contributed by atoms with van der Waals surface area (Å²) in [5.74, 6) is 1.65. The van der Waals surface area contributed by atoms with Crippen molar-refractivity contribution in [1.29, 1.82) is 0 Å². The lowest BCUT2D eigenvalue weighted by atomic mass is 10.1. The van der Waals surface area contributed by atoms with Gasteiger partial charge in [0.15, 0.2) is 0 Å². The molecule has 1 aromatic carbocycles. The van der Waals surface area contributed by atoms with Gasteiger partial charge in [-0.25, -0.2) is 4.98 Å². The normalized spacial score (nSPS) is 14.6. The summed E-state index contributed by atoms with van der Waals surface area (Å²) < 4.78 is 7.34. The molecule has 0 radical (unpaired) electrons. The number of benzene rings is 1. The quantitative estimate of drug-likeness (QED) is 0.435. The summed E-state index contributed by atoms with van der Waals surface area (Å²) in [7, 11) is 1.68. The molecule has 8 heteroatoms. The van der Waals surface area contributed by atoms with Gasteiger partial charge in [-0.2, -0.15) is 5.10 Å². The van der Waals surface area contributed by atoms with Crippen LogP contribution in [0.5, 0.6) is 5.75 Å². The minimum atomic E-state index is 0.246. The molecule has 1 fully saturated rings. The lowest BCUT2D eigenvalue weighted by molar-refractivity contribution is -0.133. The maximum Gasteiger partial charge on any atom is 0.222 e. The van der Waals surface area contributed by atoms with Gasteiger partial charge in [-0.05, 0) is 56.0 Å². The third kappa shape index (κ3) is 6.30. The first-order valence-corrected chi connectivity index (χ1v) is 13.3. The van der Waals surface area contributed by atoms with Crippen LogP contribution in [0.4, 0.5) is 0 Å². The van der Waals surface area contributed by atoms with Gasteiger partial charge < -0.3 is 9.64 Å². The van der Waals surface area contributed by atoms with E-state index in [9.17, 15) is 4.79 Å². The van der Waals surface area contributed by atoms with Gasteiger partial charge in [0.25, 0.3) is 0 Å². The topological polar surface area (TPSA) is 63.5 Å². The summed E-state index contributed by atoms with van der Waals surface area (Å²) in [5, 5.41) is 7.86. The lowest BCUT2D eigenvalue weighted by Gasteiger charge is -2.34. The highest BCUT2D eigenvalue weighted by atomic mass is 32.1. The zero-order chi connectivity index (χ0) is 24.9. The molecule has 35 heavy (non-hydrogen) atoms. The fraction of sp³-hybridized carbons (Fsp3) is 0.519.